The van der Waals surface area contributed by atoms with Crippen molar-refractivity contribution in [3.8, 4) is 0 Å². The van der Waals surface area contributed by atoms with Gasteiger partial charge in [-0.25, -0.2) is 0 Å². The second-order valence-corrected chi connectivity index (χ2v) is 8.60. The van der Waals surface area contributed by atoms with Crippen LogP contribution in [0.1, 0.15) is 48.0 Å². The van der Waals surface area contributed by atoms with Crippen LogP contribution in [-0.4, -0.2) is 30.7 Å². The summed E-state index contributed by atoms with van der Waals surface area (Å²) in [6.07, 6.45) is 7.12. The van der Waals surface area contributed by atoms with Crippen LogP contribution in [0.3, 0.4) is 0 Å². The van der Waals surface area contributed by atoms with Gasteiger partial charge < -0.3 is 10.6 Å². The zero-order valence-electron chi connectivity index (χ0n) is 16.9. The van der Waals surface area contributed by atoms with Crippen LogP contribution in [0.5, 0.6) is 0 Å². The van der Waals surface area contributed by atoms with Crippen molar-refractivity contribution in [2.24, 2.45) is 5.92 Å². The van der Waals surface area contributed by atoms with E-state index in [1.165, 1.54) is 49.4 Å². The number of hydrogen-bond acceptors (Lipinski definition) is 3. The molecule has 2 amide bonds. The van der Waals surface area contributed by atoms with Crippen molar-refractivity contribution >= 4 is 23.6 Å². The molecular weight excluding hydrogens is 380 g/mol. The van der Waals surface area contributed by atoms with Gasteiger partial charge in [0.25, 0.3) is 5.91 Å². The number of carbonyl (C=O) groups is 2. The molecule has 0 aromatic heterocycles. The van der Waals surface area contributed by atoms with E-state index >= 15 is 0 Å². The average Bonchev–Trinajstić information content (AvgIpc) is 2.78. The first-order valence-corrected chi connectivity index (χ1v) is 11.5. The minimum atomic E-state index is -0.0911. The van der Waals surface area contributed by atoms with Crippen LogP contribution in [0, 0.1) is 5.92 Å². The molecule has 0 heterocycles. The van der Waals surface area contributed by atoms with Gasteiger partial charge in [0.1, 0.15) is 0 Å². The molecule has 1 fully saturated rings. The van der Waals surface area contributed by atoms with Crippen molar-refractivity contribution in [3.05, 3.63) is 65.7 Å². The Kier molecular flexibility index (Phi) is 8.62. The van der Waals surface area contributed by atoms with Gasteiger partial charge in [0.2, 0.25) is 5.91 Å². The lowest BCUT2D eigenvalue weighted by Gasteiger charge is -2.21. The van der Waals surface area contributed by atoms with E-state index in [1.54, 1.807) is 0 Å². The van der Waals surface area contributed by atoms with Crippen LogP contribution in [0.2, 0.25) is 0 Å². The summed E-state index contributed by atoms with van der Waals surface area (Å²) in [6, 6.07) is 17.6. The van der Waals surface area contributed by atoms with Crippen LogP contribution >= 0.6 is 11.8 Å². The van der Waals surface area contributed by atoms with Crippen LogP contribution in [-0.2, 0) is 11.2 Å². The lowest BCUT2D eigenvalue weighted by atomic mass is 9.89. The number of hydrogen-bond donors (Lipinski definition) is 2. The molecule has 0 bridgehead atoms. The first-order chi connectivity index (χ1) is 14.2. The van der Waals surface area contributed by atoms with Crippen LogP contribution < -0.4 is 10.6 Å². The Morgan fingerprint density at radius 1 is 0.897 bits per heavy atom. The Bertz CT molecular complexity index is 788. The van der Waals surface area contributed by atoms with Crippen molar-refractivity contribution in [2.75, 3.05) is 18.8 Å². The van der Waals surface area contributed by atoms with Gasteiger partial charge in [-0.05, 0) is 42.9 Å². The fourth-order valence-corrected chi connectivity index (χ4v) is 4.56. The molecule has 1 aliphatic rings. The molecule has 0 unspecified atom stereocenters. The number of carbonyl (C=O) groups excluding carboxylic acids is 2. The average molecular weight is 411 g/mol. The highest BCUT2D eigenvalue weighted by molar-refractivity contribution is 8.00. The summed E-state index contributed by atoms with van der Waals surface area (Å²) < 4.78 is 0. The van der Waals surface area contributed by atoms with Gasteiger partial charge in [0.15, 0.2) is 0 Å². The molecule has 0 aliphatic heterocycles. The van der Waals surface area contributed by atoms with E-state index in [0.717, 1.165) is 17.9 Å². The van der Waals surface area contributed by atoms with Crippen molar-refractivity contribution in [2.45, 2.75) is 43.4 Å². The maximum absolute atomic E-state index is 12.6. The van der Waals surface area contributed by atoms with Gasteiger partial charge in [-0.3, -0.25) is 9.59 Å². The van der Waals surface area contributed by atoms with Crippen molar-refractivity contribution in [3.63, 3.8) is 0 Å². The largest absolute Gasteiger partial charge is 0.355 e. The summed E-state index contributed by atoms with van der Waals surface area (Å²) in [5.74, 6) is 0.910. The molecule has 2 aromatic carbocycles. The normalized spacial score (nSPS) is 14.3. The standard InChI is InChI=1S/C24H30N2O2S/c27-23(26-17-20-11-5-2-6-12-20)18-29-22-14-8-7-13-21(22)24(28)25-16-15-19-9-3-1-4-10-19/h1,3-4,7-10,13-14,20H,2,5-6,11-12,15-18H2,(H,25,28)(H,26,27). The quantitative estimate of drug-likeness (QED) is 0.601. The lowest BCUT2D eigenvalue weighted by Crippen LogP contribution is -2.31. The second-order valence-electron chi connectivity index (χ2n) is 7.58. The molecule has 0 atom stereocenters. The highest BCUT2D eigenvalue weighted by atomic mass is 32.2. The Balaban J connectivity index is 1.45. The van der Waals surface area contributed by atoms with E-state index in [4.69, 9.17) is 0 Å². The van der Waals surface area contributed by atoms with Gasteiger partial charge >= 0.3 is 0 Å². The molecule has 1 aliphatic carbocycles. The summed E-state index contributed by atoms with van der Waals surface area (Å²) >= 11 is 1.43. The van der Waals surface area contributed by atoms with Crippen molar-refractivity contribution < 1.29 is 9.59 Å². The van der Waals surface area contributed by atoms with E-state index in [0.29, 0.717) is 23.8 Å². The molecular formula is C24H30N2O2S. The third-order valence-corrected chi connectivity index (χ3v) is 6.42. The number of thioether (sulfide) groups is 1. The summed E-state index contributed by atoms with van der Waals surface area (Å²) in [5, 5.41) is 6.05. The molecule has 2 aromatic rings. The monoisotopic (exact) mass is 410 g/mol. The third kappa shape index (κ3) is 7.24. The van der Waals surface area contributed by atoms with E-state index in [9.17, 15) is 9.59 Å². The SMILES string of the molecule is O=C(CSc1ccccc1C(=O)NCCc1ccccc1)NCC1CCCCC1. The maximum Gasteiger partial charge on any atom is 0.252 e. The number of nitrogens with one attached hydrogen (secondary N) is 2. The molecule has 0 radical (unpaired) electrons. The highest BCUT2D eigenvalue weighted by Gasteiger charge is 2.15. The number of benzene rings is 2. The molecule has 0 spiro atoms. The van der Waals surface area contributed by atoms with Gasteiger partial charge in [0.05, 0.1) is 11.3 Å². The molecule has 3 rings (SSSR count). The molecule has 29 heavy (non-hydrogen) atoms. The smallest absolute Gasteiger partial charge is 0.252 e. The fraction of sp³-hybridized carbons (Fsp3) is 0.417. The van der Waals surface area contributed by atoms with Gasteiger partial charge in [-0.2, -0.15) is 0 Å². The third-order valence-electron chi connectivity index (χ3n) is 5.35. The van der Waals surface area contributed by atoms with Gasteiger partial charge in [-0.1, -0.05) is 61.7 Å². The Morgan fingerprint density at radius 2 is 1.62 bits per heavy atom. The van der Waals surface area contributed by atoms with Gasteiger partial charge in [-0.15, -0.1) is 11.8 Å². The zero-order valence-corrected chi connectivity index (χ0v) is 17.7. The predicted molar refractivity (Wildman–Crippen MR) is 119 cm³/mol. The van der Waals surface area contributed by atoms with Crippen LogP contribution in [0.15, 0.2) is 59.5 Å². The Hall–Kier alpha value is -2.27. The first kappa shape index (κ1) is 21.4. The van der Waals surface area contributed by atoms with E-state index in [-0.39, 0.29) is 11.8 Å². The van der Waals surface area contributed by atoms with E-state index in [1.807, 2.05) is 42.5 Å². The summed E-state index contributed by atoms with van der Waals surface area (Å²) in [4.78, 5) is 25.7. The van der Waals surface area contributed by atoms with Crippen LogP contribution in [0.4, 0.5) is 0 Å². The molecule has 1 saturated carbocycles. The summed E-state index contributed by atoms with van der Waals surface area (Å²) in [5.41, 5.74) is 1.83. The Morgan fingerprint density at radius 3 is 2.41 bits per heavy atom. The molecule has 2 N–H and O–H groups in total. The molecule has 5 heteroatoms. The fourth-order valence-electron chi connectivity index (χ4n) is 3.68. The second kappa shape index (κ2) is 11.7. The van der Waals surface area contributed by atoms with Crippen LogP contribution in [0.25, 0.3) is 0 Å². The molecule has 4 nitrogen and oxygen atoms in total. The maximum atomic E-state index is 12.6. The zero-order chi connectivity index (χ0) is 20.3. The lowest BCUT2D eigenvalue weighted by molar-refractivity contribution is -0.118. The highest BCUT2D eigenvalue weighted by Crippen LogP contribution is 2.24. The predicted octanol–water partition coefficient (Wildman–Crippen LogP) is 4.45. The topological polar surface area (TPSA) is 58.2 Å². The van der Waals surface area contributed by atoms with Crippen molar-refractivity contribution in [1.82, 2.24) is 10.6 Å². The molecule has 0 saturated heterocycles. The van der Waals surface area contributed by atoms with E-state index < -0.39 is 0 Å². The number of amides is 2. The van der Waals surface area contributed by atoms with Crippen molar-refractivity contribution in [1.29, 1.82) is 0 Å². The first-order valence-electron chi connectivity index (χ1n) is 10.5. The minimum Gasteiger partial charge on any atom is -0.355 e. The number of rotatable bonds is 9. The molecule has 154 valence electrons. The summed E-state index contributed by atoms with van der Waals surface area (Å²) in [6.45, 7) is 1.37. The van der Waals surface area contributed by atoms with Gasteiger partial charge in [0, 0.05) is 18.0 Å². The summed E-state index contributed by atoms with van der Waals surface area (Å²) in [7, 11) is 0. The van der Waals surface area contributed by atoms with E-state index in [2.05, 4.69) is 22.8 Å². The Labute approximate surface area is 177 Å². The minimum absolute atomic E-state index is 0.0415.